The summed E-state index contributed by atoms with van der Waals surface area (Å²) in [6, 6.07) is 4.15. The lowest BCUT2D eigenvalue weighted by molar-refractivity contribution is -0.126. The van der Waals surface area contributed by atoms with Crippen LogP contribution in [0.15, 0.2) is 12.1 Å². The first kappa shape index (κ1) is 18.7. The molecule has 0 saturated heterocycles. The quantitative estimate of drug-likeness (QED) is 0.720. The van der Waals surface area contributed by atoms with Crippen molar-refractivity contribution < 1.29 is 4.79 Å². The molecule has 1 aromatic rings. The second kappa shape index (κ2) is 8.36. The summed E-state index contributed by atoms with van der Waals surface area (Å²) in [5.74, 6) is 0.190. The summed E-state index contributed by atoms with van der Waals surface area (Å²) >= 11 is 0. The number of benzene rings is 1. The zero-order valence-electron chi connectivity index (χ0n) is 15.3. The van der Waals surface area contributed by atoms with Crippen LogP contribution < -0.4 is 5.32 Å². The topological polar surface area (TPSA) is 29.1 Å². The molecule has 0 radical (unpaired) electrons. The van der Waals surface area contributed by atoms with Crippen molar-refractivity contribution in [2.24, 2.45) is 5.41 Å². The smallest absolute Gasteiger partial charge is 0.230 e. The van der Waals surface area contributed by atoms with Gasteiger partial charge >= 0.3 is 0 Å². The van der Waals surface area contributed by atoms with Crippen LogP contribution in [0.1, 0.15) is 76.0 Å². The molecule has 1 saturated carbocycles. The van der Waals surface area contributed by atoms with Gasteiger partial charge in [-0.05, 0) is 62.4 Å². The van der Waals surface area contributed by atoms with Gasteiger partial charge in [0.05, 0.1) is 0 Å². The molecule has 0 aromatic heterocycles. The summed E-state index contributed by atoms with van der Waals surface area (Å²) < 4.78 is 0. The van der Waals surface area contributed by atoms with Gasteiger partial charge < -0.3 is 5.32 Å². The van der Waals surface area contributed by atoms with E-state index in [-0.39, 0.29) is 11.3 Å². The Hall–Kier alpha value is -1.31. The highest BCUT2D eigenvalue weighted by Gasteiger charge is 2.34. The van der Waals surface area contributed by atoms with Crippen LogP contribution in [-0.4, -0.2) is 5.91 Å². The fraction of sp³-hybridized carbons (Fsp3) is 0.650. The van der Waals surface area contributed by atoms with Gasteiger partial charge in [-0.25, -0.2) is 0 Å². The molecule has 2 nitrogen and oxygen atoms in total. The molecule has 2 rings (SSSR count). The van der Waals surface area contributed by atoms with Crippen molar-refractivity contribution in [1.29, 1.82) is 0 Å². The first-order chi connectivity index (χ1) is 10.3. The Balaban J connectivity index is 0.000000745. The zero-order chi connectivity index (χ0) is 16.8. The maximum Gasteiger partial charge on any atom is 0.230 e. The fourth-order valence-electron chi connectivity index (χ4n) is 2.95. The molecule has 1 amide bonds. The van der Waals surface area contributed by atoms with Crippen molar-refractivity contribution in [2.75, 3.05) is 5.32 Å². The Morgan fingerprint density at radius 3 is 1.95 bits per heavy atom. The molecule has 1 aliphatic rings. The lowest BCUT2D eigenvalue weighted by atomic mass is 9.75. The summed E-state index contributed by atoms with van der Waals surface area (Å²) in [6.45, 7) is 12.7. The lowest BCUT2D eigenvalue weighted by Crippen LogP contribution is -2.35. The van der Waals surface area contributed by atoms with E-state index in [1.807, 2.05) is 0 Å². The van der Waals surface area contributed by atoms with Crippen LogP contribution in [0.5, 0.6) is 0 Å². The maximum absolute atomic E-state index is 12.5. The zero-order valence-corrected chi connectivity index (χ0v) is 15.3. The summed E-state index contributed by atoms with van der Waals surface area (Å²) in [5, 5.41) is 3.12. The van der Waals surface area contributed by atoms with E-state index in [0.717, 1.165) is 18.5 Å². The number of carbonyl (C=O) groups excluding carboxylic acids is 1. The van der Waals surface area contributed by atoms with Crippen LogP contribution in [0.2, 0.25) is 0 Å². The molecule has 0 atom stereocenters. The van der Waals surface area contributed by atoms with Gasteiger partial charge in [-0.1, -0.05) is 46.5 Å². The summed E-state index contributed by atoms with van der Waals surface area (Å²) in [5.41, 5.74) is 4.55. The molecule has 0 spiro atoms. The monoisotopic (exact) mass is 303 g/mol. The van der Waals surface area contributed by atoms with Gasteiger partial charge in [0.2, 0.25) is 5.91 Å². The standard InChI is InChI=1S/C17H25NO.C3H8/c1-12-10-15(11-13(2)14(12)3)18-16(19)17(4)8-6-5-7-9-17;1-3-2/h10-11H,5-9H2,1-4H3,(H,18,19);3H2,1-2H3. The minimum absolute atomic E-state index is 0.176. The van der Waals surface area contributed by atoms with Gasteiger partial charge in [-0.15, -0.1) is 0 Å². The van der Waals surface area contributed by atoms with Crippen molar-refractivity contribution in [2.45, 2.75) is 80.1 Å². The highest BCUT2D eigenvalue weighted by atomic mass is 16.2. The van der Waals surface area contributed by atoms with E-state index in [9.17, 15) is 4.79 Å². The molecule has 124 valence electrons. The number of amides is 1. The van der Waals surface area contributed by atoms with Crippen LogP contribution in [-0.2, 0) is 4.79 Å². The van der Waals surface area contributed by atoms with Crippen molar-refractivity contribution in [3.63, 3.8) is 0 Å². The van der Waals surface area contributed by atoms with Crippen LogP contribution in [0.4, 0.5) is 5.69 Å². The third-order valence-electron chi connectivity index (χ3n) is 4.69. The first-order valence-electron chi connectivity index (χ1n) is 8.73. The molecule has 0 bridgehead atoms. The van der Waals surface area contributed by atoms with E-state index < -0.39 is 0 Å². The molecule has 0 heterocycles. The van der Waals surface area contributed by atoms with E-state index >= 15 is 0 Å². The normalized spacial score (nSPS) is 16.5. The van der Waals surface area contributed by atoms with Crippen LogP contribution in [0.3, 0.4) is 0 Å². The average Bonchev–Trinajstić information content (AvgIpc) is 2.46. The third kappa shape index (κ3) is 4.86. The van der Waals surface area contributed by atoms with Crippen molar-refractivity contribution >= 4 is 11.6 Å². The molecule has 1 aromatic carbocycles. The summed E-state index contributed by atoms with van der Waals surface area (Å²) in [7, 11) is 0. The number of anilines is 1. The van der Waals surface area contributed by atoms with Gasteiger partial charge in [-0.3, -0.25) is 4.79 Å². The minimum Gasteiger partial charge on any atom is -0.326 e. The lowest BCUT2D eigenvalue weighted by Gasteiger charge is -2.32. The Morgan fingerprint density at radius 1 is 1.05 bits per heavy atom. The molecule has 0 unspecified atom stereocenters. The van der Waals surface area contributed by atoms with Gasteiger partial charge in [0, 0.05) is 11.1 Å². The Morgan fingerprint density at radius 2 is 1.50 bits per heavy atom. The molecule has 1 N–H and O–H groups in total. The highest BCUT2D eigenvalue weighted by molar-refractivity contribution is 5.95. The van der Waals surface area contributed by atoms with Gasteiger partial charge in [0.15, 0.2) is 0 Å². The van der Waals surface area contributed by atoms with Crippen molar-refractivity contribution in [1.82, 2.24) is 0 Å². The van der Waals surface area contributed by atoms with Crippen LogP contribution in [0.25, 0.3) is 0 Å². The Kier molecular flexibility index (Phi) is 7.12. The maximum atomic E-state index is 12.5. The number of rotatable bonds is 2. The van der Waals surface area contributed by atoms with E-state index in [2.05, 4.69) is 59.0 Å². The number of hydrogen-bond donors (Lipinski definition) is 1. The Bertz CT molecular complexity index is 475. The summed E-state index contributed by atoms with van der Waals surface area (Å²) in [6.07, 6.45) is 6.91. The molecule has 1 fully saturated rings. The van der Waals surface area contributed by atoms with E-state index in [4.69, 9.17) is 0 Å². The van der Waals surface area contributed by atoms with E-state index in [1.165, 1.54) is 42.4 Å². The number of carbonyl (C=O) groups is 1. The van der Waals surface area contributed by atoms with Gasteiger partial charge in [0.25, 0.3) is 0 Å². The van der Waals surface area contributed by atoms with Crippen LogP contribution >= 0.6 is 0 Å². The average molecular weight is 303 g/mol. The molecule has 2 heteroatoms. The van der Waals surface area contributed by atoms with E-state index in [1.54, 1.807) is 0 Å². The largest absolute Gasteiger partial charge is 0.326 e. The molecular weight excluding hydrogens is 270 g/mol. The van der Waals surface area contributed by atoms with Crippen molar-refractivity contribution in [3.05, 3.63) is 28.8 Å². The second-order valence-corrected chi connectivity index (χ2v) is 7.02. The first-order valence-corrected chi connectivity index (χ1v) is 8.73. The molecule has 22 heavy (non-hydrogen) atoms. The van der Waals surface area contributed by atoms with Crippen LogP contribution in [0, 0.1) is 26.2 Å². The summed E-state index contributed by atoms with van der Waals surface area (Å²) in [4.78, 5) is 12.5. The number of aryl methyl sites for hydroxylation is 2. The number of nitrogens with one attached hydrogen (secondary N) is 1. The van der Waals surface area contributed by atoms with Gasteiger partial charge in [0.1, 0.15) is 0 Å². The highest BCUT2D eigenvalue weighted by Crippen LogP contribution is 2.36. The van der Waals surface area contributed by atoms with Gasteiger partial charge in [-0.2, -0.15) is 0 Å². The van der Waals surface area contributed by atoms with Crippen molar-refractivity contribution in [3.8, 4) is 0 Å². The number of hydrogen-bond acceptors (Lipinski definition) is 1. The molecule has 0 aliphatic heterocycles. The second-order valence-electron chi connectivity index (χ2n) is 7.02. The predicted octanol–water partition coefficient (Wildman–Crippen LogP) is 5.94. The predicted molar refractivity (Wildman–Crippen MR) is 96.4 cm³/mol. The molecular formula is C20H33NO. The third-order valence-corrected chi connectivity index (χ3v) is 4.69. The minimum atomic E-state index is -0.176. The SMILES string of the molecule is CCC.Cc1cc(NC(=O)C2(C)CCCCC2)cc(C)c1C. The van der Waals surface area contributed by atoms with E-state index in [0.29, 0.717) is 0 Å². The fourth-order valence-corrected chi connectivity index (χ4v) is 2.95. The Labute approximate surface area is 136 Å². The molecule has 1 aliphatic carbocycles.